The Balaban J connectivity index is 2.71. The average molecular weight is 262 g/mol. The second-order valence-corrected chi connectivity index (χ2v) is 4.94. The molecule has 0 bridgehead atoms. The summed E-state index contributed by atoms with van der Waals surface area (Å²) in [4.78, 5) is 23.7. The van der Waals surface area contributed by atoms with E-state index in [1.807, 2.05) is 20.8 Å². The van der Waals surface area contributed by atoms with Crippen LogP contribution in [0.3, 0.4) is 0 Å². The largest absolute Gasteiger partial charge is 0.352 e. The van der Waals surface area contributed by atoms with Crippen molar-refractivity contribution >= 4 is 11.8 Å². The number of benzene rings is 1. The third kappa shape index (κ3) is 5.12. The molecule has 0 radical (unpaired) electrons. The van der Waals surface area contributed by atoms with Gasteiger partial charge in [0.15, 0.2) is 0 Å². The van der Waals surface area contributed by atoms with E-state index >= 15 is 0 Å². The van der Waals surface area contributed by atoms with Crippen molar-refractivity contribution in [3.05, 3.63) is 35.4 Å². The number of nitrogens with one attached hydrogen (secondary N) is 2. The molecule has 0 unspecified atom stereocenters. The van der Waals surface area contributed by atoms with Gasteiger partial charge in [-0.3, -0.25) is 9.59 Å². The van der Waals surface area contributed by atoms with Gasteiger partial charge in [-0.05, 0) is 30.5 Å². The van der Waals surface area contributed by atoms with Gasteiger partial charge in [0.1, 0.15) is 0 Å². The quantitative estimate of drug-likeness (QED) is 0.825. The van der Waals surface area contributed by atoms with Crippen LogP contribution >= 0.6 is 0 Å². The van der Waals surface area contributed by atoms with E-state index in [0.29, 0.717) is 30.1 Å². The molecular weight excluding hydrogens is 240 g/mol. The number of hydrogen-bond donors (Lipinski definition) is 2. The highest BCUT2D eigenvalue weighted by atomic mass is 16.2. The number of carbonyl (C=O) groups is 2. The first-order valence-electron chi connectivity index (χ1n) is 6.71. The summed E-state index contributed by atoms with van der Waals surface area (Å²) < 4.78 is 0. The van der Waals surface area contributed by atoms with Crippen molar-refractivity contribution in [1.82, 2.24) is 10.6 Å². The molecule has 2 N–H and O–H groups in total. The predicted molar refractivity (Wildman–Crippen MR) is 76.2 cm³/mol. The Morgan fingerprint density at radius 1 is 1.11 bits per heavy atom. The maximum Gasteiger partial charge on any atom is 0.251 e. The summed E-state index contributed by atoms with van der Waals surface area (Å²) in [5.41, 5.74) is 1.04. The molecule has 0 atom stereocenters. The van der Waals surface area contributed by atoms with Gasteiger partial charge in [-0.15, -0.1) is 0 Å². The highest BCUT2D eigenvalue weighted by molar-refractivity contribution is 5.99. The molecule has 2 amide bonds. The van der Waals surface area contributed by atoms with Gasteiger partial charge in [-0.2, -0.15) is 0 Å². The Morgan fingerprint density at radius 3 is 2.21 bits per heavy atom. The molecule has 1 rings (SSSR count). The third-order valence-corrected chi connectivity index (χ3v) is 2.59. The van der Waals surface area contributed by atoms with Crippen LogP contribution in [0.1, 0.15) is 47.9 Å². The van der Waals surface area contributed by atoms with E-state index in [1.165, 1.54) is 0 Å². The Hall–Kier alpha value is -1.84. The summed E-state index contributed by atoms with van der Waals surface area (Å²) in [5, 5.41) is 5.63. The molecular formula is C15H22N2O2. The monoisotopic (exact) mass is 262 g/mol. The third-order valence-electron chi connectivity index (χ3n) is 2.59. The first-order chi connectivity index (χ1) is 9.04. The smallest absolute Gasteiger partial charge is 0.251 e. The molecule has 19 heavy (non-hydrogen) atoms. The van der Waals surface area contributed by atoms with E-state index in [4.69, 9.17) is 0 Å². The Morgan fingerprint density at radius 2 is 1.68 bits per heavy atom. The summed E-state index contributed by atoms with van der Waals surface area (Å²) in [6, 6.07) is 6.78. The average Bonchev–Trinajstić information content (AvgIpc) is 2.42. The molecule has 0 fully saturated rings. The summed E-state index contributed by atoms with van der Waals surface area (Å²) in [5.74, 6) is 0.124. The van der Waals surface area contributed by atoms with Crippen LogP contribution in [-0.2, 0) is 0 Å². The van der Waals surface area contributed by atoms with Crippen LogP contribution in [0.15, 0.2) is 24.3 Å². The van der Waals surface area contributed by atoms with Crippen LogP contribution in [-0.4, -0.2) is 24.9 Å². The molecule has 4 heteroatoms. The zero-order valence-corrected chi connectivity index (χ0v) is 11.8. The lowest BCUT2D eigenvalue weighted by molar-refractivity contribution is 0.0949. The van der Waals surface area contributed by atoms with Gasteiger partial charge >= 0.3 is 0 Å². The van der Waals surface area contributed by atoms with E-state index in [1.54, 1.807) is 24.3 Å². The van der Waals surface area contributed by atoms with Crippen LogP contribution in [0.5, 0.6) is 0 Å². The number of carbonyl (C=O) groups excluding carboxylic acids is 2. The van der Waals surface area contributed by atoms with Crippen molar-refractivity contribution in [2.45, 2.75) is 27.2 Å². The fourth-order valence-electron chi connectivity index (χ4n) is 1.54. The van der Waals surface area contributed by atoms with Crippen molar-refractivity contribution in [1.29, 1.82) is 0 Å². The van der Waals surface area contributed by atoms with Gasteiger partial charge in [0, 0.05) is 24.2 Å². The first kappa shape index (κ1) is 15.2. The van der Waals surface area contributed by atoms with Gasteiger partial charge in [-0.1, -0.05) is 26.8 Å². The molecule has 104 valence electrons. The molecule has 0 saturated carbocycles. The maximum absolute atomic E-state index is 11.9. The van der Waals surface area contributed by atoms with E-state index < -0.39 is 0 Å². The molecule has 0 aliphatic heterocycles. The number of amides is 2. The normalized spacial score (nSPS) is 10.3. The van der Waals surface area contributed by atoms with Crippen molar-refractivity contribution in [2.75, 3.05) is 13.1 Å². The van der Waals surface area contributed by atoms with E-state index in [0.717, 1.165) is 6.42 Å². The zero-order valence-electron chi connectivity index (χ0n) is 11.8. The topological polar surface area (TPSA) is 58.2 Å². The van der Waals surface area contributed by atoms with Crippen LogP contribution in [0.4, 0.5) is 0 Å². The number of hydrogen-bond acceptors (Lipinski definition) is 2. The highest BCUT2D eigenvalue weighted by Crippen LogP contribution is 2.05. The van der Waals surface area contributed by atoms with Crippen molar-refractivity contribution in [3.8, 4) is 0 Å². The van der Waals surface area contributed by atoms with Crippen LogP contribution in [0.25, 0.3) is 0 Å². The zero-order chi connectivity index (χ0) is 14.3. The van der Waals surface area contributed by atoms with Gasteiger partial charge in [0.25, 0.3) is 11.8 Å². The predicted octanol–water partition coefficient (Wildman–Crippen LogP) is 2.21. The maximum atomic E-state index is 11.9. The summed E-state index contributed by atoms with van der Waals surface area (Å²) >= 11 is 0. The lowest BCUT2D eigenvalue weighted by atomic mass is 10.1. The van der Waals surface area contributed by atoms with Crippen LogP contribution < -0.4 is 10.6 Å². The lowest BCUT2D eigenvalue weighted by Crippen LogP contribution is -2.28. The van der Waals surface area contributed by atoms with Crippen molar-refractivity contribution in [2.24, 2.45) is 5.92 Å². The molecule has 1 aromatic carbocycles. The summed E-state index contributed by atoms with van der Waals surface area (Å²) in [6.45, 7) is 7.34. The molecule has 1 aromatic rings. The van der Waals surface area contributed by atoms with Crippen LogP contribution in [0.2, 0.25) is 0 Å². The SMILES string of the molecule is CCCNC(=O)c1cccc(C(=O)NCC(C)C)c1. The molecule has 0 heterocycles. The van der Waals surface area contributed by atoms with Crippen LogP contribution in [0, 0.1) is 5.92 Å². The lowest BCUT2D eigenvalue weighted by Gasteiger charge is -2.09. The van der Waals surface area contributed by atoms with Crippen molar-refractivity contribution < 1.29 is 9.59 Å². The van der Waals surface area contributed by atoms with Crippen molar-refractivity contribution in [3.63, 3.8) is 0 Å². The van der Waals surface area contributed by atoms with E-state index in [2.05, 4.69) is 10.6 Å². The van der Waals surface area contributed by atoms with Gasteiger partial charge in [0.2, 0.25) is 0 Å². The minimum Gasteiger partial charge on any atom is -0.352 e. The summed E-state index contributed by atoms with van der Waals surface area (Å²) in [6.07, 6.45) is 0.889. The Kier molecular flexibility index (Phi) is 6.06. The minimum absolute atomic E-state index is 0.139. The first-order valence-corrected chi connectivity index (χ1v) is 6.71. The molecule has 0 aromatic heterocycles. The Bertz CT molecular complexity index is 442. The molecule has 0 spiro atoms. The van der Waals surface area contributed by atoms with Gasteiger partial charge in [0.05, 0.1) is 0 Å². The number of rotatable bonds is 6. The van der Waals surface area contributed by atoms with Gasteiger partial charge in [-0.25, -0.2) is 0 Å². The van der Waals surface area contributed by atoms with Gasteiger partial charge < -0.3 is 10.6 Å². The van der Waals surface area contributed by atoms with E-state index in [9.17, 15) is 9.59 Å². The molecule has 4 nitrogen and oxygen atoms in total. The standard InChI is InChI=1S/C15H22N2O2/c1-4-8-16-14(18)12-6-5-7-13(9-12)15(19)17-10-11(2)3/h5-7,9,11H,4,8,10H2,1-3H3,(H,16,18)(H,17,19). The van der Waals surface area contributed by atoms with E-state index in [-0.39, 0.29) is 11.8 Å². The molecule has 0 aliphatic rings. The Labute approximate surface area is 114 Å². The fraction of sp³-hybridized carbons (Fsp3) is 0.467. The minimum atomic E-state index is -0.140. The molecule has 0 aliphatic carbocycles. The highest BCUT2D eigenvalue weighted by Gasteiger charge is 2.10. The second-order valence-electron chi connectivity index (χ2n) is 4.94. The summed E-state index contributed by atoms with van der Waals surface area (Å²) in [7, 11) is 0. The fourth-order valence-corrected chi connectivity index (χ4v) is 1.54. The molecule has 0 saturated heterocycles. The second kappa shape index (κ2) is 7.56.